The lowest BCUT2D eigenvalue weighted by atomic mass is 9.98. The van der Waals surface area contributed by atoms with Crippen LogP contribution in [0.25, 0.3) is 10.8 Å². The molecule has 0 aromatic heterocycles. The zero-order valence-corrected chi connectivity index (χ0v) is 19.1. The van der Waals surface area contributed by atoms with Crippen LogP contribution < -0.4 is 5.43 Å². The molecular formula is C26H23ClN4O3. The number of benzene rings is 3. The fraction of sp³-hybridized carbons (Fsp3) is 0.231. The first kappa shape index (κ1) is 23.3. The van der Waals surface area contributed by atoms with Gasteiger partial charge in [-0.05, 0) is 47.4 Å². The van der Waals surface area contributed by atoms with Crippen molar-refractivity contribution in [3.05, 3.63) is 76.3 Å². The maximum atomic E-state index is 13.0. The maximum Gasteiger partial charge on any atom is 0.271 e. The van der Waals surface area contributed by atoms with Crippen LogP contribution in [0.4, 0.5) is 0 Å². The summed E-state index contributed by atoms with van der Waals surface area (Å²) in [6.45, 7) is 0.467. The third-order valence-electron chi connectivity index (χ3n) is 5.74. The number of rotatable bonds is 8. The Hall–Kier alpha value is -3.89. The topological polar surface area (TPSA) is 106 Å². The van der Waals surface area contributed by atoms with Crippen LogP contribution >= 0.6 is 11.6 Å². The van der Waals surface area contributed by atoms with Gasteiger partial charge in [-0.25, -0.2) is 5.43 Å². The van der Waals surface area contributed by atoms with Gasteiger partial charge in [-0.1, -0.05) is 48.0 Å². The number of nitrogens with one attached hydrogen (secondary N) is 1. The number of carbonyl (C=O) groups excluding carboxylic acids is 2. The second-order valence-corrected chi connectivity index (χ2v) is 8.54. The summed E-state index contributed by atoms with van der Waals surface area (Å²) in [4.78, 5) is 27.1. The fourth-order valence-corrected chi connectivity index (χ4v) is 4.04. The predicted octanol–water partition coefficient (Wildman–Crippen LogP) is 4.41. The van der Waals surface area contributed by atoms with Crippen LogP contribution in [0, 0.1) is 11.3 Å². The number of aromatic hydroxyl groups is 1. The normalized spacial score (nSPS) is 13.1. The minimum absolute atomic E-state index is 0.0316. The Morgan fingerprint density at radius 2 is 1.94 bits per heavy atom. The van der Waals surface area contributed by atoms with Gasteiger partial charge in [0.05, 0.1) is 30.1 Å². The molecule has 0 atom stereocenters. The Kier molecular flexibility index (Phi) is 7.09. The first-order valence-corrected chi connectivity index (χ1v) is 11.3. The van der Waals surface area contributed by atoms with Gasteiger partial charge in [0.2, 0.25) is 5.91 Å². The van der Waals surface area contributed by atoms with E-state index in [4.69, 9.17) is 16.9 Å². The fourth-order valence-electron chi connectivity index (χ4n) is 3.86. The molecule has 3 aromatic carbocycles. The molecule has 7 nitrogen and oxygen atoms in total. The summed E-state index contributed by atoms with van der Waals surface area (Å²) < 4.78 is 0. The van der Waals surface area contributed by atoms with Gasteiger partial charge in [-0.2, -0.15) is 10.4 Å². The van der Waals surface area contributed by atoms with E-state index in [-0.39, 0.29) is 34.7 Å². The molecule has 0 unspecified atom stereocenters. The number of nitriles is 1. The van der Waals surface area contributed by atoms with E-state index >= 15 is 0 Å². The van der Waals surface area contributed by atoms with Crippen LogP contribution in [0.2, 0.25) is 5.02 Å². The van der Waals surface area contributed by atoms with Gasteiger partial charge in [0.1, 0.15) is 5.75 Å². The van der Waals surface area contributed by atoms with Gasteiger partial charge >= 0.3 is 0 Å². The SMILES string of the molecule is N#CCCN(C(=O)Cc1ccc(/C=N/NC(=O)c2ccc(O)c(Cl)c2)c2ccccc12)C1CC1. The molecule has 1 aliphatic rings. The highest BCUT2D eigenvalue weighted by Gasteiger charge is 2.32. The Labute approximate surface area is 202 Å². The van der Waals surface area contributed by atoms with E-state index in [1.807, 2.05) is 41.3 Å². The molecule has 34 heavy (non-hydrogen) atoms. The lowest BCUT2D eigenvalue weighted by molar-refractivity contribution is -0.131. The Morgan fingerprint density at radius 3 is 2.65 bits per heavy atom. The summed E-state index contributed by atoms with van der Waals surface area (Å²) in [6, 6.07) is 18.0. The summed E-state index contributed by atoms with van der Waals surface area (Å²) in [5.74, 6) is -0.525. The summed E-state index contributed by atoms with van der Waals surface area (Å²) >= 11 is 5.86. The van der Waals surface area contributed by atoms with Gasteiger partial charge in [-0.3, -0.25) is 9.59 Å². The number of hydrazone groups is 1. The number of hydrogen-bond acceptors (Lipinski definition) is 5. The zero-order chi connectivity index (χ0) is 24.1. The predicted molar refractivity (Wildman–Crippen MR) is 131 cm³/mol. The summed E-state index contributed by atoms with van der Waals surface area (Å²) in [6.07, 6.45) is 4.14. The van der Waals surface area contributed by atoms with Gasteiger partial charge in [0.25, 0.3) is 5.91 Å². The molecule has 0 bridgehead atoms. The highest BCUT2D eigenvalue weighted by atomic mass is 35.5. The molecule has 8 heteroatoms. The van der Waals surface area contributed by atoms with Crippen molar-refractivity contribution in [2.75, 3.05) is 6.54 Å². The number of halogens is 1. The summed E-state index contributed by atoms with van der Waals surface area (Å²) in [5, 5.41) is 24.4. The number of carbonyl (C=O) groups is 2. The van der Waals surface area contributed by atoms with Crippen molar-refractivity contribution in [1.82, 2.24) is 10.3 Å². The molecule has 2 amide bonds. The Balaban J connectivity index is 1.51. The highest BCUT2D eigenvalue weighted by molar-refractivity contribution is 6.32. The molecule has 0 heterocycles. The van der Waals surface area contributed by atoms with E-state index in [0.29, 0.717) is 13.0 Å². The van der Waals surface area contributed by atoms with Crippen molar-refractivity contribution in [3.63, 3.8) is 0 Å². The number of fused-ring (bicyclic) bond motifs is 1. The number of nitrogens with zero attached hydrogens (tertiary/aromatic N) is 3. The van der Waals surface area contributed by atoms with Crippen LogP contribution in [0.1, 0.15) is 40.7 Å². The quantitative estimate of drug-likeness (QED) is 0.372. The molecule has 1 saturated carbocycles. The van der Waals surface area contributed by atoms with E-state index < -0.39 is 5.91 Å². The summed E-state index contributed by atoms with van der Waals surface area (Å²) in [7, 11) is 0. The number of amides is 2. The Morgan fingerprint density at radius 1 is 1.18 bits per heavy atom. The first-order valence-electron chi connectivity index (χ1n) is 11.0. The van der Waals surface area contributed by atoms with E-state index in [0.717, 1.165) is 34.7 Å². The summed E-state index contributed by atoms with van der Waals surface area (Å²) in [5.41, 5.74) is 4.43. The monoisotopic (exact) mass is 474 g/mol. The largest absolute Gasteiger partial charge is 0.506 e. The second-order valence-electron chi connectivity index (χ2n) is 8.13. The van der Waals surface area contributed by atoms with Crippen LogP contribution in [0.15, 0.2) is 59.7 Å². The van der Waals surface area contributed by atoms with Gasteiger partial charge in [0, 0.05) is 23.7 Å². The van der Waals surface area contributed by atoms with Gasteiger partial charge < -0.3 is 10.0 Å². The van der Waals surface area contributed by atoms with Crippen LogP contribution in [0.3, 0.4) is 0 Å². The van der Waals surface area contributed by atoms with Gasteiger partial charge in [-0.15, -0.1) is 0 Å². The number of phenols is 1. The van der Waals surface area contributed by atoms with Crippen molar-refractivity contribution in [1.29, 1.82) is 5.26 Å². The van der Waals surface area contributed by atoms with Crippen LogP contribution in [-0.4, -0.2) is 40.6 Å². The molecule has 0 spiro atoms. The standard InChI is InChI=1S/C26H23ClN4O3/c27-23-14-18(8-11-24(23)32)26(34)30-29-16-19-7-6-17(21-4-1-2-5-22(19)21)15-25(33)31(13-3-12-28)20-9-10-20/h1-2,4-8,11,14,16,20,32H,3,9-10,13,15H2,(H,30,34)/b29-16+. The van der Waals surface area contributed by atoms with E-state index in [1.165, 1.54) is 18.2 Å². The molecule has 0 saturated heterocycles. The van der Waals surface area contributed by atoms with E-state index in [1.54, 1.807) is 6.21 Å². The maximum absolute atomic E-state index is 13.0. The van der Waals surface area contributed by atoms with Crippen LogP contribution in [0.5, 0.6) is 5.75 Å². The number of hydrogen-bond donors (Lipinski definition) is 2. The highest BCUT2D eigenvalue weighted by Crippen LogP contribution is 2.29. The minimum atomic E-state index is -0.456. The van der Waals surface area contributed by atoms with Crippen molar-refractivity contribution >= 4 is 40.4 Å². The van der Waals surface area contributed by atoms with Crippen molar-refractivity contribution < 1.29 is 14.7 Å². The van der Waals surface area contributed by atoms with E-state index in [2.05, 4.69) is 16.6 Å². The number of phenolic OH excluding ortho intramolecular Hbond substituents is 1. The molecule has 172 valence electrons. The molecule has 4 rings (SSSR count). The average Bonchev–Trinajstić information content (AvgIpc) is 3.67. The van der Waals surface area contributed by atoms with E-state index in [9.17, 15) is 14.7 Å². The average molecular weight is 475 g/mol. The molecule has 0 radical (unpaired) electrons. The molecule has 1 fully saturated rings. The Bertz CT molecular complexity index is 1310. The molecule has 3 aromatic rings. The third kappa shape index (κ3) is 5.36. The lowest BCUT2D eigenvalue weighted by Crippen LogP contribution is -2.35. The molecule has 1 aliphatic carbocycles. The van der Waals surface area contributed by atoms with Gasteiger partial charge in [0.15, 0.2) is 0 Å². The smallest absolute Gasteiger partial charge is 0.271 e. The second kappa shape index (κ2) is 10.4. The van der Waals surface area contributed by atoms with Crippen molar-refractivity contribution in [2.45, 2.75) is 31.7 Å². The van der Waals surface area contributed by atoms with Crippen molar-refractivity contribution in [2.24, 2.45) is 5.10 Å². The third-order valence-corrected chi connectivity index (χ3v) is 6.04. The molecular weight excluding hydrogens is 452 g/mol. The lowest BCUT2D eigenvalue weighted by Gasteiger charge is -2.21. The zero-order valence-electron chi connectivity index (χ0n) is 18.4. The first-order chi connectivity index (χ1) is 16.5. The molecule has 2 N–H and O–H groups in total. The molecule has 0 aliphatic heterocycles. The van der Waals surface area contributed by atoms with Crippen LogP contribution in [-0.2, 0) is 11.2 Å². The minimum Gasteiger partial charge on any atom is -0.506 e. The van der Waals surface area contributed by atoms with Crippen molar-refractivity contribution in [3.8, 4) is 11.8 Å².